The van der Waals surface area contributed by atoms with Crippen LogP contribution in [0.15, 0.2) is 12.3 Å². The number of carboxylic acid groups (broad SMARTS) is 1. The monoisotopic (exact) mass is 293 g/mol. The highest BCUT2D eigenvalue weighted by atomic mass is 19.4. The summed E-state index contributed by atoms with van der Waals surface area (Å²) in [5.74, 6) is -1.74. The number of rotatable bonds is 5. The van der Waals surface area contributed by atoms with E-state index in [0.717, 1.165) is 6.07 Å². The van der Waals surface area contributed by atoms with E-state index < -0.39 is 40.8 Å². The Morgan fingerprint density at radius 1 is 1.60 bits per heavy atom. The number of hydrogen-bond donors (Lipinski definition) is 2. The van der Waals surface area contributed by atoms with Crippen molar-refractivity contribution < 1.29 is 28.0 Å². The minimum Gasteiger partial charge on any atom is -0.477 e. The second-order valence-electron chi connectivity index (χ2n) is 4.01. The molecule has 0 radical (unpaired) electrons. The lowest BCUT2D eigenvalue weighted by atomic mass is 10.2. The molecule has 0 bridgehead atoms. The lowest BCUT2D eigenvalue weighted by Crippen LogP contribution is -2.24. The van der Waals surface area contributed by atoms with Gasteiger partial charge in [0.1, 0.15) is 17.6 Å². The van der Waals surface area contributed by atoms with Gasteiger partial charge in [-0.1, -0.05) is 0 Å². The first kappa shape index (κ1) is 15.7. The van der Waals surface area contributed by atoms with Crippen LogP contribution in [0.4, 0.5) is 24.7 Å². The second kappa shape index (κ2) is 5.72. The number of nitro groups is 1. The minimum absolute atomic E-state index is 0.176. The van der Waals surface area contributed by atoms with Gasteiger partial charge in [-0.3, -0.25) is 10.1 Å². The summed E-state index contributed by atoms with van der Waals surface area (Å²) in [5.41, 5.74) is -1.38. The number of pyridine rings is 1. The summed E-state index contributed by atoms with van der Waals surface area (Å²) in [6, 6.07) is -0.224. The maximum absolute atomic E-state index is 12.1. The number of carbonyl (C=O) groups is 1. The van der Waals surface area contributed by atoms with Gasteiger partial charge in [0.25, 0.3) is 0 Å². The Bertz CT molecular complexity index is 533. The van der Waals surface area contributed by atoms with Gasteiger partial charge in [-0.25, -0.2) is 9.78 Å². The van der Waals surface area contributed by atoms with Crippen molar-refractivity contribution in [3.05, 3.63) is 27.9 Å². The Hall–Kier alpha value is -2.39. The van der Waals surface area contributed by atoms with E-state index in [4.69, 9.17) is 5.11 Å². The van der Waals surface area contributed by atoms with Crippen LogP contribution in [0.1, 0.15) is 23.7 Å². The van der Waals surface area contributed by atoms with E-state index in [1.807, 2.05) is 0 Å². The van der Waals surface area contributed by atoms with E-state index in [-0.39, 0.29) is 5.82 Å². The molecule has 1 atom stereocenters. The smallest absolute Gasteiger partial charge is 0.391 e. The van der Waals surface area contributed by atoms with Gasteiger partial charge >= 0.3 is 17.8 Å². The van der Waals surface area contributed by atoms with Crippen LogP contribution in [-0.4, -0.2) is 33.2 Å². The Labute approximate surface area is 110 Å². The number of nitrogens with zero attached hydrogens (tertiary/aromatic N) is 2. The first-order valence-electron chi connectivity index (χ1n) is 5.31. The molecule has 1 unspecified atom stereocenters. The van der Waals surface area contributed by atoms with Gasteiger partial charge < -0.3 is 10.4 Å². The Morgan fingerprint density at radius 2 is 2.20 bits per heavy atom. The fourth-order valence-electron chi connectivity index (χ4n) is 1.49. The van der Waals surface area contributed by atoms with E-state index >= 15 is 0 Å². The molecule has 1 rings (SSSR count). The summed E-state index contributed by atoms with van der Waals surface area (Å²) >= 11 is 0. The highest BCUT2D eigenvalue weighted by Crippen LogP contribution is 2.24. The molecule has 0 amide bonds. The van der Waals surface area contributed by atoms with Gasteiger partial charge in [0.2, 0.25) is 0 Å². The lowest BCUT2D eigenvalue weighted by Gasteiger charge is -2.16. The molecule has 1 heterocycles. The van der Waals surface area contributed by atoms with Crippen LogP contribution in [0.5, 0.6) is 0 Å². The number of carboxylic acids is 1. The lowest BCUT2D eigenvalue weighted by molar-refractivity contribution is -0.385. The molecule has 0 aromatic carbocycles. The van der Waals surface area contributed by atoms with Crippen molar-refractivity contribution in [2.24, 2.45) is 0 Å². The van der Waals surface area contributed by atoms with Crippen LogP contribution >= 0.6 is 0 Å². The van der Waals surface area contributed by atoms with Crippen molar-refractivity contribution in [3.8, 4) is 0 Å². The maximum Gasteiger partial charge on any atom is 0.391 e. The van der Waals surface area contributed by atoms with Crippen molar-refractivity contribution in [3.63, 3.8) is 0 Å². The standard InChI is InChI=1S/C10H10F3N3O4/c1-5(3-10(11,12)13)15-8-2-6(9(17)18)7(4-14-8)16(19)20/h2,4-5H,3H2,1H3,(H,14,15)(H,17,18). The minimum atomic E-state index is -4.39. The number of nitrogens with one attached hydrogen (secondary N) is 1. The molecule has 20 heavy (non-hydrogen) atoms. The largest absolute Gasteiger partial charge is 0.477 e. The molecule has 0 fully saturated rings. The molecular weight excluding hydrogens is 283 g/mol. The van der Waals surface area contributed by atoms with Crippen molar-refractivity contribution >= 4 is 17.5 Å². The third kappa shape index (κ3) is 4.37. The van der Waals surface area contributed by atoms with Gasteiger partial charge in [0.05, 0.1) is 11.3 Å². The maximum atomic E-state index is 12.1. The zero-order chi connectivity index (χ0) is 15.5. The van der Waals surface area contributed by atoms with Gasteiger partial charge in [-0.2, -0.15) is 13.2 Å². The summed E-state index contributed by atoms with van der Waals surface area (Å²) in [6.07, 6.45) is -4.84. The van der Waals surface area contributed by atoms with Crippen molar-refractivity contribution in [1.82, 2.24) is 4.98 Å². The van der Waals surface area contributed by atoms with E-state index in [9.17, 15) is 28.1 Å². The predicted molar refractivity (Wildman–Crippen MR) is 61.6 cm³/mol. The highest BCUT2D eigenvalue weighted by molar-refractivity contribution is 5.93. The third-order valence-corrected chi connectivity index (χ3v) is 2.24. The average Bonchev–Trinajstić information content (AvgIpc) is 2.25. The fraction of sp³-hybridized carbons (Fsp3) is 0.400. The predicted octanol–water partition coefficient (Wildman–Crippen LogP) is 2.44. The van der Waals surface area contributed by atoms with Crippen LogP contribution in [0.25, 0.3) is 0 Å². The van der Waals surface area contributed by atoms with E-state index in [0.29, 0.717) is 6.20 Å². The van der Waals surface area contributed by atoms with Crippen molar-refractivity contribution in [1.29, 1.82) is 0 Å². The zero-order valence-electron chi connectivity index (χ0n) is 10.1. The molecule has 0 saturated carbocycles. The molecular formula is C10H10F3N3O4. The first-order valence-corrected chi connectivity index (χ1v) is 5.31. The second-order valence-corrected chi connectivity index (χ2v) is 4.01. The molecule has 0 saturated heterocycles. The molecule has 2 N–H and O–H groups in total. The van der Waals surface area contributed by atoms with Crippen LogP contribution < -0.4 is 5.32 Å². The molecule has 10 heteroatoms. The number of aromatic carboxylic acids is 1. The van der Waals surface area contributed by atoms with E-state index in [1.54, 1.807) is 0 Å². The summed E-state index contributed by atoms with van der Waals surface area (Å²) in [7, 11) is 0. The van der Waals surface area contributed by atoms with Crippen molar-refractivity contribution in [2.75, 3.05) is 5.32 Å². The van der Waals surface area contributed by atoms with Gasteiger partial charge in [-0.05, 0) is 6.92 Å². The average molecular weight is 293 g/mol. The number of anilines is 1. The number of halogens is 3. The summed E-state index contributed by atoms with van der Waals surface area (Å²) < 4.78 is 36.4. The van der Waals surface area contributed by atoms with Crippen LogP contribution in [0, 0.1) is 10.1 Å². The molecule has 0 spiro atoms. The summed E-state index contributed by atoms with van der Waals surface area (Å²) in [5, 5.41) is 21.7. The molecule has 0 aliphatic heterocycles. The summed E-state index contributed by atoms with van der Waals surface area (Å²) in [6.45, 7) is 1.23. The van der Waals surface area contributed by atoms with Gasteiger partial charge in [0, 0.05) is 12.1 Å². The third-order valence-electron chi connectivity index (χ3n) is 2.24. The molecule has 110 valence electrons. The summed E-state index contributed by atoms with van der Waals surface area (Å²) in [4.78, 5) is 24.0. The van der Waals surface area contributed by atoms with E-state index in [1.165, 1.54) is 6.92 Å². The number of aromatic nitrogens is 1. The molecule has 7 nitrogen and oxygen atoms in total. The molecule has 0 aliphatic rings. The van der Waals surface area contributed by atoms with Gasteiger partial charge in [0.15, 0.2) is 0 Å². The quantitative estimate of drug-likeness (QED) is 0.638. The molecule has 1 aromatic rings. The van der Waals surface area contributed by atoms with Gasteiger partial charge in [-0.15, -0.1) is 0 Å². The zero-order valence-corrected chi connectivity index (χ0v) is 10.1. The first-order chi connectivity index (χ1) is 9.10. The number of alkyl halides is 3. The number of hydrogen-bond acceptors (Lipinski definition) is 5. The van der Waals surface area contributed by atoms with Crippen LogP contribution in [0.2, 0.25) is 0 Å². The Kier molecular flexibility index (Phi) is 4.48. The fourth-order valence-corrected chi connectivity index (χ4v) is 1.49. The van der Waals surface area contributed by atoms with Crippen LogP contribution in [0.3, 0.4) is 0 Å². The highest BCUT2D eigenvalue weighted by Gasteiger charge is 2.30. The Balaban J connectivity index is 2.96. The molecule has 0 aliphatic carbocycles. The Morgan fingerprint density at radius 3 is 2.65 bits per heavy atom. The molecule has 1 aromatic heterocycles. The SMILES string of the molecule is CC(CC(F)(F)F)Nc1cc(C(=O)O)c([N+](=O)[O-])cn1. The van der Waals surface area contributed by atoms with Crippen LogP contribution in [-0.2, 0) is 0 Å². The normalized spacial score (nSPS) is 12.8. The van der Waals surface area contributed by atoms with E-state index in [2.05, 4.69) is 10.3 Å². The van der Waals surface area contributed by atoms with Crippen molar-refractivity contribution in [2.45, 2.75) is 25.6 Å². The topological polar surface area (TPSA) is 105 Å².